The Balaban J connectivity index is 4.75. The van der Waals surface area contributed by atoms with E-state index < -0.39 is 8.45 Å². The number of thioether (sulfide) groups is 1. The monoisotopic (exact) mass is 480 g/mol. The van der Waals surface area contributed by atoms with Crippen LogP contribution in [0.3, 0.4) is 0 Å². The highest BCUT2D eigenvalue weighted by molar-refractivity contribution is 8.13. The van der Waals surface area contributed by atoms with Gasteiger partial charge in [-0.3, -0.25) is 4.79 Å². The molecule has 0 aromatic carbocycles. The molecule has 0 fully saturated rings. The zero-order valence-electron chi connectivity index (χ0n) is 22.2. The molecule has 8 heteroatoms. The zero-order valence-corrected chi connectivity index (χ0v) is 23.9. The van der Waals surface area contributed by atoms with Gasteiger partial charge < -0.3 is 13.7 Å². The summed E-state index contributed by atoms with van der Waals surface area (Å²) < 4.78 is 17.9. The maximum atomic E-state index is 12.4. The number of hydrogen-bond acceptors (Lipinski definition) is 6. The van der Waals surface area contributed by atoms with Gasteiger partial charge >= 0.3 is 0 Å². The van der Waals surface area contributed by atoms with Crippen molar-refractivity contribution in [1.29, 1.82) is 0 Å². The fraction of sp³-hybridized carbons (Fsp3) is 0.957. The summed E-state index contributed by atoms with van der Waals surface area (Å²) in [5.41, 5.74) is 0. The van der Waals surface area contributed by atoms with Crippen LogP contribution in [0.15, 0.2) is 0 Å². The lowest BCUT2D eigenvalue weighted by Gasteiger charge is -2.45. The van der Waals surface area contributed by atoms with Gasteiger partial charge in [0.25, 0.3) is 0 Å². The fourth-order valence-electron chi connectivity index (χ4n) is 3.92. The van der Waals surface area contributed by atoms with Gasteiger partial charge in [-0.1, -0.05) is 11.8 Å². The average Bonchev–Trinajstić information content (AvgIpc) is 2.67. The molecule has 0 N–H and O–H groups in total. The molecule has 0 aromatic heterocycles. The van der Waals surface area contributed by atoms with Gasteiger partial charge in [-0.25, -0.2) is 9.34 Å². The summed E-state index contributed by atoms with van der Waals surface area (Å²) in [5, 5.41) is 0.258. The van der Waals surface area contributed by atoms with Crippen LogP contribution in [0.5, 0.6) is 0 Å². The number of likely N-dealkylation sites (N-methyl/N-ethyl adjacent to an activating group) is 1. The lowest BCUT2D eigenvalue weighted by molar-refractivity contribution is -0.915. The Morgan fingerprint density at radius 2 is 1.26 bits per heavy atom. The predicted octanol–water partition coefficient (Wildman–Crippen LogP) is 5.58. The summed E-state index contributed by atoms with van der Waals surface area (Å²) in [7, 11) is -0.939. The molecule has 0 spiro atoms. The van der Waals surface area contributed by atoms with Crippen LogP contribution in [0.4, 0.5) is 0 Å². The van der Waals surface area contributed by atoms with Gasteiger partial charge in [0.1, 0.15) is 6.54 Å². The van der Waals surface area contributed by atoms with E-state index in [1.165, 1.54) is 11.8 Å². The molecule has 0 aromatic rings. The van der Waals surface area contributed by atoms with Gasteiger partial charge in [-0.15, -0.1) is 0 Å². The second-order valence-electron chi connectivity index (χ2n) is 9.21. The van der Waals surface area contributed by atoms with Crippen molar-refractivity contribution in [1.82, 2.24) is 9.34 Å². The standard InChI is InChI=1S/C23H51N3O3PS/c1-12-26(13-2,14-3)17-23(27)31-16-15-28-18-29-30(24(19(4)5)20(6)7)25(21(8)9)22(10)11/h19-22H,12-18H2,1-11H3/q+1. The van der Waals surface area contributed by atoms with E-state index in [1.54, 1.807) is 0 Å². The van der Waals surface area contributed by atoms with Gasteiger partial charge in [0.15, 0.2) is 15.2 Å². The number of ether oxygens (including phenoxy) is 1. The molecular formula is C23H51N3O3PS+. The third-order valence-corrected chi connectivity index (χ3v) is 9.53. The number of nitrogens with zero attached hydrogens (tertiary/aromatic N) is 3. The first-order valence-electron chi connectivity index (χ1n) is 12.0. The first-order valence-corrected chi connectivity index (χ1v) is 14.2. The van der Waals surface area contributed by atoms with Crippen LogP contribution in [0.2, 0.25) is 0 Å². The second kappa shape index (κ2) is 16.0. The first kappa shape index (κ1) is 31.2. The zero-order chi connectivity index (χ0) is 24.2. The molecule has 0 atom stereocenters. The van der Waals surface area contributed by atoms with Crippen LogP contribution in [0, 0.1) is 0 Å². The Kier molecular flexibility index (Phi) is 16.1. The molecule has 0 aliphatic rings. The van der Waals surface area contributed by atoms with E-state index in [2.05, 4.69) is 85.5 Å². The van der Waals surface area contributed by atoms with Crippen LogP contribution in [-0.2, 0) is 14.1 Å². The SMILES string of the molecule is CC[N+](CC)(CC)CC(=O)SCCOCOP(N(C(C)C)C(C)C)N(C(C)C)C(C)C. The predicted molar refractivity (Wildman–Crippen MR) is 137 cm³/mol. The highest BCUT2D eigenvalue weighted by atomic mass is 32.2. The smallest absolute Gasteiger partial charge is 0.243 e. The molecule has 0 aliphatic carbocycles. The Morgan fingerprint density at radius 3 is 1.61 bits per heavy atom. The number of hydrogen-bond donors (Lipinski definition) is 0. The van der Waals surface area contributed by atoms with E-state index in [0.29, 0.717) is 43.1 Å². The normalized spacial score (nSPS) is 13.2. The molecule has 0 heterocycles. The summed E-state index contributed by atoms with van der Waals surface area (Å²) in [6.45, 7) is 28.7. The van der Waals surface area contributed by atoms with Crippen molar-refractivity contribution in [2.24, 2.45) is 0 Å². The van der Waals surface area contributed by atoms with E-state index in [0.717, 1.165) is 24.1 Å². The molecule has 6 nitrogen and oxygen atoms in total. The van der Waals surface area contributed by atoms with E-state index >= 15 is 0 Å². The third-order valence-electron chi connectivity index (χ3n) is 5.73. The largest absolute Gasteiger partial charge is 0.354 e. The summed E-state index contributed by atoms with van der Waals surface area (Å²) in [4.78, 5) is 12.4. The number of carbonyl (C=O) groups is 1. The molecule has 31 heavy (non-hydrogen) atoms. The third kappa shape index (κ3) is 10.8. The minimum Gasteiger partial charge on any atom is -0.354 e. The highest BCUT2D eigenvalue weighted by Gasteiger charge is 2.34. The molecule has 0 aliphatic heterocycles. The van der Waals surface area contributed by atoms with Gasteiger partial charge in [-0.2, -0.15) is 0 Å². The summed E-state index contributed by atoms with van der Waals surface area (Å²) in [5.74, 6) is 0.674. The first-order chi connectivity index (χ1) is 14.5. The van der Waals surface area contributed by atoms with Gasteiger partial charge in [0.05, 0.1) is 26.2 Å². The van der Waals surface area contributed by atoms with Crippen LogP contribution in [0.25, 0.3) is 0 Å². The average molecular weight is 481 g/mol. The topological polar surface area (TPSA) is 42.0 Å². The Labute approximate surface area is 198 Å². The maximum absolute atomic E-state index is 12.4. The van der Waals surface area contributed by atoms with Crippen LogP contribution < -0.4 is 0 Å². The molecule has 0 saturated carbocycles. The highest BCUT2D eigenvalue weighted by Crippen LogP contribution is 2.50. The minimum atomic E-state index is -0.939. The summed E-state index contributed by atoms with van der Waals surface area (Å²) >= 11 is 1.39. The van der Waals surface area contributed by atoms with Crippen molar-refractivity contribution >= 4 is 25.3 Å². The molecule has 0 amide bonds. The van der Waals surface area contributed by atoms with E-state index in [9.17, 15) is 4.79 Å². The van der Waals surface area contributed by atoms with E-state index in [-0.39, 0.29) is 11.9 Å². The molecule has 0 saturated heterocycles. The molecule has 0 radical (unpaired) electrons. The van der Waals surface area contributed by atoms with Crippen molar-refractivity contribution in [3.8, 4) is 0 Å². The molecule has 0 rings (SSSR count). The Bertz CT molecular complexity index is 444. The van der Waals surface area contributed by atoms with Crippen LogP contribution >= 0.6 is 20.2 Å². The van der Waals surface area contributed by atoms with Crippen LogP contribution in [-0.4, -0.2) is 88.4 Å². The number of quaternary nitrogens is 1. The molecule has 0 bridgehead atoms. The number of carbonyl (C=O) groups excluding carboxylic acids is 1. The maximum Gasteiger partial charge on any atom is 0.243 e. The van der Waals surface area contributed by atoms with E-state index in [1.807, 2.05) is 0 Å². The fourth-order valence-corrected chi connectivity index (χ4v) is 6.97. The summed E-state index contributed by atoms with van der Waals surface area (Å²) in [6.07, 6.45) is 0. The van der Waals surface area contributed by atoms with E-state index in [4.69, 9.17) is 9.26 Å². The van der Waals surface area contributed by atoms with Gasteiger partial charge in [0, 0.05) is 29.9 Å². The van der Waals surface area contributed by atoms with Crippen molar-refractivity contribution in [2.45, 2.75) is 100 Å². The summed E-state index contributed by atoms with van der Waals surface area (Å²) in [6, 6.07) is 1.53. The minimum absolute atomic E-state index is 0.255. The Morgan fingerprint density at radius 1 is 0.839 bits per heavy atom. The quantitative estimate of drug-likeness (QED) is 0.117. The van der Waals surface area contributed by atoms with Crippen molar-refractivity contribution in [2.75, 3.05) is 45.3 Å². The number of rotatable bonds is 17. The lowest BCUT2D eigenvalue weighted by Crippen LogP contribution is -2.50. The van der Waals surface area contributed by atoms with Crippen LogP contribution in [0.1, 0.15) is 76.2 Å². The molecule has 186 valence electrons. The van der Waals surface area contributed by atoms with Gasteiger partial charge in [0.2, 0.25) is 5.12 Å². The Hall–Kier alpha value is 0.250. The second-order valence-corrected chi connectivity index (χ2v) is 12.1. The van der Waals surface area contributed by atoms with Crippen molar-refractivity contribution in [3.05, 3.63) is 0 Å². The molecular weight excluding hydrogens is 429 g/mol. The lowest BCUT2D eigenvalue weighted by atomic mass is 10.3. The van der Waals surface area contributed by atoms with Crippen molar-refractivity contribution in [3.63, 3.8) is 0 Å². The molecule has 0 unspecified atom stereocenters. The van der Waals surface area contributed by atoms with Crippen molar-refractivity contribution < 1.29 is 18.5 Å². The van der Waals surface area contributed by atoms with Gasteiger partial charge in [-0.05, 0) is 76.2 Å².